The van der Waals surface area contributed by atoms with Crippen LogP contribution in [0.4, 0.5) is 19.4 Å². The molecule has 2 atom stereocenters. The average Bonchev–Trinajstić information content (AvgIpc) is 3.13. The fourth-order valence-corrected chi connectivity index (χ4v) is 5.80. The maximum Gasteiger partial charge on any atom is 0.410 e. The summed E-state index contributed by atoms with van der Waals surface area (Å²) in [6, 6.07) is 1.22. The van der Waals surface area contributed by atoms with E-state index in [1.165, 1.54) is 17.4 Å². The molecule has 2 saturated heterocycles. The summed E-state index contributed by atoms with van der Waals surface area (Å²) in [5, 5.41) is 10.3. The Morgan fingerprint density at radius 3 is 2.50 bits per heavy atom. The molecule has 2 unspecified atom stereocenters. The van der Waals surface area contributed by atoms with E-state index in [1.54, 1.807) is 20.8 Å². The molecule has 11 heteroatoms. The van der Waals surface area contributed by atoms with Crippen LogP contribution >= 0.6 is 15.9 Å². The van der Waals surface area contributed by atoms with E-state index >= 15 is 4.39 Å². The number of hydrogen-bond donors (Lipinski definition) is 1. The molecule has 2 aromatic rings. The smallest absolute Gasteiger partial charge is 0.410 e. The lowest BCUT2D eigenvalue weighted by Gasteiger charge is -2.48. The number of aliphatic hydroxyl groups is 1. The minimum Gasteiger partial charge on any atom is -0.463 e. The van der Waals surface area contributed by atoms with Gasteiger partial charge in [-0.2, -0.15) is 9.97 Å². The summed E-state index contributed by atoms with van der Waals surface area (Å²) in [4.78, 5) is 24.8. The number of carbonyl (C=O) groups excluding carboxylic acids is 1. The third-order valence-electron chi connectivity index (χ3n) is 7.24. The largest absolute Gasteiger partial charge is 0.463 e. The van der Waals surface area contributed by atoms with Gasteiger partial charge >= 0.3 is 12.1 Å². The van der Waals surface area contributed by atoms with Gasteiger partial charge in [-0.3, -0.25) is 0 Å². The van der Waals surface area contributed by atoms with Gasteiger partial charge in [0.15, 0.2) is 5.82 Å². The highest BCUT2D eigenvalue weighted by Gasteiger charge is 2.47. The standard InChI is InChI=1S/C25H31BrF2N4O4/c1-24(2,3)36-23(34)32-10-25(11-32,12-33)13-35-22-29-20-16(7-17(27)18(26)19(20)28)21(30-22)31-8-14-4-5-15(6-14)9-31/h7,14-15,33H,4-6,8-13H2,1-3H3. The Morgan fingerprint density at radius 2 is 1.89 bits per heavy atom. The SMILES string of the molecule is CC(C)(C)OC(=O)N1CC(CO)(COc2nc(N3CC4CCC(C4)C3)c3cc(F)c(Br)c(F)c3n2)C1. The maximum absolute atomic E-state index is 15.1. The Kier molecular flexibility index (Phi) is 6.51. The highest BCUT2D eigenvalue weighted by atomic mass is 79.9. The molecule has 36 heavy (non-hydrogen) atoms. The molecule has 1 amide bonds. The van der Waals surface area contributed by atoms with Crippen molar-refractivity contribution < 1.29 is 28.2 Å². The number of amides is 1. The van der Waals surface area contributed by atoms with Crippen molar-refractivity contribution in [1.29, 1.82) is 0 Å². The van der Waals surface area contributed by atoms with Crippen molar-refractivity contribution >= 4 is 38.7 Å². The Bertz CT molecular complexity index is 1170. The minimum absolute atomic E-state index is 0.0248. The number of aliphatic hydroxyl groups excluding tert-OH is 1. The molecule has 0 spiro atoms. The maximum atomic E-state index is 15.1. The van der Waals surface area contributed by atoms with Crippen molar-refractivity contribution in [3.63, 3.8) is 0 Å². The lowest BCUT2D eigenvalue weighted by atomic mass is 9.82. The Labute approximate surface area is 217 Å². The van der Waals surface area contributed by atoms with Crippen molar-refractivity contribution in [2.24, 2.45) is 17.3 Å². The molecule has 196 valence electrons. The van der Waals surface area contributed by atoms with Crippen LogP contribution in [0, 0.1) is 28.9 Å². The quantitative estimate of drug-likeness (QED) is 0.530. The zero-order valence-electron chi connectivity index (χ0n) is 20.7. The molecule has 1 aromatic heterocycles. The number of benzene rings is 1. The lowest BCUT2D eigenvalue weighted by Crippen LogP contribution is -2.63. The molecular weight excluding hydrogens is 538 g/mol. The van der Waals surface area contributed by atoms with Crippen LogP contribution in [0.2, 0.25) is 0 Å². The molecule has 5 rings (SSSR count). The molecule has 1 aromatic carbocycles. The molecule has 1 saturated carbocycles. The molecule has 0 radical (unpaired) electrons. The van der Waals surface area contributed by atoms with Crippen molar-refractivity contribution in [3.8, 4) is 6.01 Å². The van der Waals surface area contributed by atoms with E-state index in [0.29, 0.717) is 23.0 Å². The Balaban J connectivity index is 1.39. The molecule has 8 nitrogen and oxygen atoms in total. The third-order valence-corrected chi connectivity index (χ3v) is 7.97. The van der Waals surface area contributed by atoms with Gasteiger partial charge in [-0.25, -0.2) is 13.6 Å². The number of ether oxygens (including phenoxy) is 2. The van der Waals surface area contributed by atoms with Gasteiger partial charge < -0.3 is 24.4 Å². The minimum atomic E-state index is -0.810. The number of carbonyl (C=O) groups is 1. The highest BCUT2D eigenvalue weighted by Crippen LogP contribution is 2.41. The van der Waals surface area contributed by atoms with Crippen LogP contribution in [0.1, 0.15) is 40.0 Å². The topological polar surface area (TPSA) is 88.0 Å². The first-order chi connectivity index (χ1) is 17.0. The number of piperidine rings is 1. The van der Waals surface area contributed by atoms with Gasteiger partial charge in [0.2, 0.25) is 0 Å². The van der Waals surface area contributed by atoms with E-state index < -0.39 is 28.7 Å². The molecule has 1 N–H and O–H groups in total. The second kappa shape index (κ2) is 9.24. The third kappa shape index (κ3) is 4.83. The summed E-state index contributed by atoms with van der Waals surface area (Å²) in [6.07, 6.45) is 3.01. The second-order valence-electron chi connectivity index (χ2n) is 11.4. The van der Waals surface area contributed by atoms with Crippen LogP contribution in [-0.4, -0.2) is 71.1 Å². The van der Waals surface area contributed by atoms with Gasteiger partial charge in [0.1, 0.15) is 29.4 Å². The summed E-state index contributed by atoms with van der Waals surface area (Å²) >= 11 is 2.97. The van der Waals surface area contributed by atoms with E-state index in [2.05, 4.69) is 30.8 Å². The number of rotatable bonds is 5. The van der Waals surface area contributed by atoms with Gasteiger partial charge in [-0.15, -0.1) is 0 Å². The fourth-order valence-electron chi connectivity index (χ4n) is 5.50. The molecular formula is C25H31BrF2N4O4. The zero-order chi connectivity index (χ0) is 25.8. The van der Waals surface area contributed by atoms with Gasteiger partial charge in [-0.05, 0) is 73.9 Å². The van der Waals surface area contributed by atoms with E-state index in [0.717, 1.165) is 25.9 Å². The van der Waals surface area contributed by atoms with Crippen LogP contribution in [0.15, 0.2) is 10.5 Å². The zero-order valence-corrected chi connectivity index (χ0v) is 22.3. The molecule has 1 aliphatic carbocycles. The van der Waals surface area contributed by atoms with Crippen molar-refractivity contribution in [2.45, 2.75) is 45.6 Å². The van der Waals surface area contributed by atoms with E-state index in [4.69, 9.17) is 9.47 Å². The fraction of sp³-hybridized carbons (Fsp3) is 0.640. The first-order valence-electron chi connectivity index (χ1n) is 12.3. The Hall–Kier alpha value is -2.27. The Morgan fingerprint density at radius 1 is 1.22 bits per heavy atom. The number of halogens is 3. The van der Waals surface area contributed by atoms with Crippen LogP contribution in [0.3, 0.4) is 0 Å². The molecule has 3 aliphatic rings. The van der Waals surface area contributed by atoms with E-state index in [1.807, 2.05) is 0 Å². The first-order valence-corrected chi connectivity index (χ1v) is 13.1. The van der Waals surface area contributed by atoms with Gasteiger partial charge in [0.25, 0.3) is 0 Å². The summed E-state index contributed by atoms with van der Waals surface area (Å²) in [7, 11) is 0. The van der Waals surface area contributed by atoms with Gasteiger partial charge in [0.05, 0.1) is 16.5 Å². The van der Waals surface area contributed by atoms with Crippen LogP contribution in [0.25, 0.3) is 10.9 Å². The van der Waals surface area contributed by atoms with Crippen LogP contribution in [0.5, 0.6) is 6.01 Å². The monoisotopic (exact) mass is 568 g/mol. The van der Waals surface area contributed by atoms with Crippen LogP contribution < -0.4 is 9.64 Å². The predicted octanol–water partition coefficient (Wildman–Crippen LogP) is 4.52. The average molecular weight is 569 g/mol. The second-order valence-corrected chi connectivity index (χ2v) is 12.2. The van der Waals surface area contributed by atoms with Gasteiger partial charge in [-0.1, -0.05) is 0 Å². The summed E-state index contributed by atoms with van der Waals surface area (Å²) in [6.45, 7) is 7.23. The molecule has 3 heterocycles. The summed E-state index contributed by atoms with van der Waals surface area (Å²) < 4.78 is 40.6. The number of anilines is 1. The normalized spacial score (nSPS) is 23.1. The van der Waals surface area contributed by atoms with Gasteiger partial charge in [0, 0.05) is 31.6 Å². The molecule has 3 fully saturated rings. The van der Waals surface area contributed by atoms with Crippen LogP contribution in [-0.2, 0) is 4.74 Å². The van der Waals surface area contributed by atoms with Crippen molar-refractivity contribution in [1.82, 2.24) is 14.9 Å². The lowest BCUT2D eigenvalue weighted by molar-refractivity contribution is -0.0753. The number of nitrogens with zero attached hydrogens (tertiary/aromatic N) is 4. The summed E-state index contributed by atoms with van der Waals surface area (Å²) in [5.41, 5.74) is -1.35. The molecule has 2 bridgehead atoms. The highest BCUT2D eigenvalue weighted by molar-refractivity contribution is 9.10. The molecule has 2 aliphatic heterocycles. The number of aromatic nitrogens is 2. The van der Waals surface area contributed by atoms with Crippen molar-refractivity contribution in [3.05, 3.63) is 22.2 Å². The number of fused-ring (bicyclic) bond motifs is 3. The number of hydrogen-bond acceptors (Lipinski definition) is 7. The van der Waals surface area contributed by atoms with E-state index in [9.17, 15) is 14.3 Å². The summed E-state index contributed by atoms with van der Waals surface area (Å²) in [5.74, 6) is 0.00738. The van der Waals surface area contributed by atoms with Crippen molar-refractivity contribution in [2.75, 3.05) is 44.3 Å². The van der Waals surface area contributed by atoms with E-state index in [-0.39, 0.29) is 42.3 Å². The number of likely N-dealkylation sites (tertiary alicyclic amines) is 1. The first kappa shape index (κ1) is 25.4. The predicted molar refractivity (Wildman–Crippen MR) is 133 cm³/mol.